The summed E-state index contributed by atoms with van der Waals surface area (Å²) in [5, 5.41) is 3.31. The van der Waals surface area contributed by atoms with Gasteiger partial charge in [0.15, 0.2) is 5.03 Å². The zero-order valence-corrected chi connectivity index (χ0v) is 12.3. The minimum absolute atomic E-state index is 0.0658. The Morgan fingerprint density at radius 3 is 2.74 bits per heavy atom. The second-order valence-corrected chi connectivity index (χ2v) is 6.25. The van der Waals surface area contributed by atoms with Crippen molar-refractivity contribution >= 4 is 10.0 Å². The van der Waals surface area contributed by atoms with E-state index in [2.05, 4.69) is 23.8 Å². The Labute approximate surface area is 115 Å². The summed E-state index contributed by atoms with van der Waals surface area (Å²) in [5.41, 5.74) is 0.971. The predicted molar refractivity (Wildman–Crippen MR) is 76.2 cm³/mol. The quantitative estimate of drug-likeness (QED) is 0.578. The fraction of sp³-hybridized carbons (Fsp3) is 0.462. The summed E-state index contributed by atoms with van der Waals surface area (Å²) in [7, 11) is -2.00. The van der Waals surface area contributed by atoms with Crippen molar-refractivity contribution in [2.75, 3.05) is 20.1 Å². The van der Waals surface area contributed by atoms with E-state index in [0.717, 1.165) is 18.5 Å². The van der Waals surface area contributed by atoms with E-state index in [0.29, 0.717) is 6.54 Å². The fourth-order valence-electron chi connectivity index (χ4n) is 1.52. The summed E-state index contributed by atoms with van der Waals surface area (Å²) in [6.45, 7) is 7.52. The Balaban J connectivity index is 2.77. The van der Waals surface area contributed by atoms with Crippen molar-refractivity contribution in [3.63, 3.8) is 0 Å². The molecule has 0 spiro atoms. The standard InChI is InChI=1S/C13H21N3O2S/c1-4-8-14-10-12-6-7-13(15-11-12)19(17,18)16(3)9-5-2/h5-7,11,14H,2,4,8-10H2,1,3H3. The Bertz CT molecular complexity index is 497. The maximum Gasteiger partial charge on any atom is 0.260 e. The highest BCUT2D eigenvalue weighted by Gasteiger charge is 2.20. The van der Waals surface area contributed by atoms with Crippen LogP contribution in [0, 0.1) is 0 Å². The molecule has 0 saturated carbocycles. The summed E-state index contributed by atoms with van der Waals surface area (Å²) < 4.78 is 25.4. The second kappa shape index (κ2) is 7.37. The van der Waals surface area contributed by atoms with Gasteiger partial charge in [0.05, 0.1) is 0 Å². The third-order valence-corrected chi connectivity index (χ3v) is 4.35. The lowest BCUT2D eigenvalue weighted by Gasteiger charge is -2.14. The van der Waals surface area contributed by atoms with Crippen LogP contribution in [0.2, 0.25) is 0 Å². The van der Waals surface area contributed by atoms with E-state index in [-0.39, 0.29) is 11.6 Å². The first-order valence-electron chi connectivity index (χ1n) is 6.25. The molecule has 0 aliphatic carbocycles. The molecular weight excluding hydrogens is 262 g/mol. The second-order valence-electron chi connectivity index (χ2n) is 4.26. The SMILES string of the molecule is C=CCN(C)S(=O)(=O)c1ccc(CNCCC)cn1. The van der Waals surface area contributed by atoms with Crippen molar-refractivity contribution in [1.29, 1.82) is 0 Å². The molecule has 6 heteroatoms. The molecule has 5 nitrogen and oxygen atoms in total. The minimum Gasteiger partial charge on any atom is -0.313 e. The third kappa shape index (κ3) is 4.41. The molecule has 1 aromatic rings. The van der Waals surface area contributed by atoms with Crippen molar-refractivity contribution in [3.8, 4) is 0 Å². The molecule has 0 bridgehead atoms. The van der Waals surface area contributed by atoms with Crippen molar-refractivity contribution in [3.05, 3.63) is 36.5 Å². The topological polar surface area (TPSA) is 62.3 Å². The fourth-order valence-corrected chi connectivity index (χ4v) is 2.56. The number of rotatable bonds is 8. The molecule has 19 heavy (non-hydrogen) atoms. The average Bonchev–Trinajstić information content (AvgIpc) is 2.40. The van der Waals surface area contributed by atoms with Gasteiger partial charge in [0.2, 0.25) is 0 Å². The Kier molecular flexibility index (Phi) is 6.14. The lowest BCUT2D eigenvalue weighted by atomic mass is 10.3. The molecule has 0 unspecified atom stereocenters. The van der Waals surface area contributed by atoms with E-state index < -0.39 is 10.0 Å². The molecule has 0 aromatic carbocycles. The van der Waals surface area contributed by atoms with Crippen molar-refractivity contribution < 1.29 is 8.42 Å². The molecule has 0 atom stereocenters. The van der Waals surface area contributed by atoms with Crippen LogP contribution in [-0.2, 0) is 16.6 Å². The molecule has 1 N–H and O–H groups in total. The highest BCUT2D eigenvalue weighted by molar-refractivity contribution is 7.89. The Hall–Kier alpha value is -1.24. The number of pyridine rings is 1. The van der Waals surface area contributed by atoms with E-state index >= 15 is 0 Å². The van der Waals surface area contributed by atoms with Gasteiger partial charge in [0.1, 0.15) is 0 Å². The smallest absolute Gasteiger partial charge is 0.260 e. The summed E-state index contributed by atoms with van der Waals surface area (Å²) in [6, 6.07) is 3.32. The number of hydrogen-bond acceptors (Lipinski definition) is 4. The summed E-state index contributed by atoms with van der Waals surface area (Å²) in [5.74, 6) is 0. The van der Waals surface area contributed by atoms with E-state index in [1.165, 1.54) is 17.4 Å². The van der Waals surface area contributed by atoms with Gasteiger partial charge < -0.3 is 5.32 Å². The number of hydrogen-bond donors (Lipinski definition) is 1. The summed E-state index contributed by atoms with van der Waals surface area (Å²) in [6.07, 6.45) is 4.20. The molecular formula is C13H21N3O2S. The van der Waals surface area contributed by atoms with Crippen LogP contribution in [0.3, 0.4) is 0 Å². The predicted octanol–water partition coefficient (Wildman–Crippen LogP) is 1.39. The lowest BCUT2D eigenvalue weighted by molar-refractivity contribution is 0.496. The first-order chi connectivity index (χ1) is 9.02. The van der Waals surface area contributed by atoms with E-state index in [1.54, 1.807) is 18.3 Å². The van der Waals surface area contributed by atoms with Crippen LogP contribution < -0.4 is 5.32 Å². The summed E-state index contributed by atoms with van der Waals surface area (Å²) >= 11 is 0. The van der Waals surface area contributed by atoms with E-state index in [1.807, 2.05) is 0 Å². The van der Waals surface area contributed by atoms with Gasteiger partial charge in [-0.3, -0.25) is 0 Å². The molecule has 0 radical (unpaired) electrons. The van der Waals surface area contributed by atoms with Gasteiger partial charge in [-0.05, 0) is 24.6 Å². The molecule has 106 valence electrons. The Morgan fingerprint density at radius 1 is 1.47 bits per heavy atom. The van der Waals surface area contributed by atoms with Crippen molar-refractivity contribution in [2.45, 2.75) is 24.9 Å². The van der Waals surface area contributed by atoms with Gasteiger partial charge in [-0.1, -0.05) is 19.1 Å². The maximum absolute atomic E-state index is 12.1. The molecule has 1 aromatic heterocycles. The van der Waals surface area contributed by atoms with Gasteiger partial charge in [0.25, 0.3) is 10.0 Å². The molecule has 0 saturated heterocycles. The molecule has 1 heterocycles. The highest BCUT2D eigenvalue weighted by atomic mass is 32.2. The molecule has 0 aliphatic heterocycles. The Morgan fingerprint density at radius 2 is 2.21 bits per heavy atom. The number of aromatic nitrogens is 1. The molecule has 0 amide bonds. The summed E-state index contributed by atoms with van der Waals surface area (Å²) in [4.78, 5) is 4.03. The van der Waals surface area contributed by atoms with Crippen LogP contribution in [0.15, 0.2) is 36.0 Å². The van der Waals surface area contributed by atoms with Crippen LogP contribution in [0.1, 0.15) is 18.9 Å². The van der Waals surface area contributed by atoms with Gasteiger partial charge in [0, 0.05) is 26.3 Å². The average molecular weight is 283 g/mol. The van der Waals surface area contributed by atoms with Gasteiger partial charge in [-0.15, -0.1) is 6.58 Å². The van der Waals surface area contributed by atoms with Crippen LogP contribution in [0.5, 0.6) is 0 Å². The zero-order valence-electron chi connectivity index (χ0n) is 11.5. The molecule has 1 rings (SSSR count). The van der Waals surface area contributed by atoms with Crippen molar-refractivity contribution in [1.82, 2.24) is 14.6 Å². The number of nitrogens with one attached hydrogen (secondary N) is 1. The first kappa shape index (κ1) is 15.8. The van der Waals surface area contributed by atoms with Crippen LogP contribution in [0.4, 0.5) is 0 Å². The molecule has 0 aliphatic rings. The van der Waals surface area contributed by atoms with Gasteiger partial charge >= 0.3 is 0 Å². The van der Waals surface area contributed by atoms with Gasteiger partial charge in [-0.2, -0.15) is 4.31 Å². The van der Waals surface area contributed by atoms with Crippen LogP contribution in [0.25, 0.3) is 0 Å². The van der Waals surface area contributed by atoms with E-state index in [4.69, 9.17) is 0 Å². The number of sulfonamides is 1. The van der Waals surface area contributed by atoms with Crippen LogP contribution >= 0.6 is 0 Å². The third-order valence-electron chi connectivity index (χ3n) is 2.61. The van der Waals surface area contributed by atoms with Crippen molar-refractivity contribution in [2.24, 2.45) is 0 Å². The number of nitrogens with zero attached hydrogens (tertiary/aromatic N) is 2. The maximum atomic E-state index is 12.1. The highest BCUT2D eigenvalue weighted by Crippen LogP contribution is 2.11. The molecule has 0 fully saturated rings. The number of likely N-dealkylation sites (N-methyl/N-ethyl adjacent to an activating group) is 1. The normalized spacial score (nSPS) is 11.7. The van der Waals surface area contributed by atoms with Crippen LogP contribution in [-0.4, -0.2) is 37.8 Å². The monoisotopic (exact) mass is 283 g/mol. The zero-order chi connectivity index (χ0) is 14.3. The van der Waals surface area contributed by atoms with Gasteiger partial charge in [-0.25, -0.2) is 13.4 Å². The first-order valence-corrected chi connectivity index (χ1v) is 7.69. The van der Waals surface area contributed by atoms with E-state index in [9.17, 15) is 8.42 Å². The largest absolute Gasteiger partial charge is 0.313 e. The lowest BCUT2D eigenvalue weighted by Crippen LogP contribution is -2.27. The minimum atomic E-state index is -3.51.